The summed E-state index contributed by atoms with van der Waals surface area (Å²) >= 11 is 0. The van der Waals surface area contributed by atoms with Crippen molar-refractivity contribution in [2.75, 3.05) is 6.35 Å². The zero-order valence-corrected chi connectivity index (χ0v) is 11.4. The molecule has 10 heteroatoms. The molecule has 0 spiro atoms. The van der Waals surface area contributed by atoms with Crippen LogP contribution in [0.4, 0.5) is 0 Å². The van der Waals surface area contributed by atoms with Crippen LogP contribution < -0.4 is 11.2 Å². The van der Waals surface area contributed by atoms with Crippen LogP contribution in [0.25, 0.3) is 0 Å². The lowest BCUT2D eigenvalue weighted by Crippen LogP contribution is -2.33. The Bertz CT molecular complexity index is 766. The molecule has 0 bridgehead atoms. The average molecular weight is 314 g/mol. The molecule has 0 aromatic carbocycles. The fraction of sp³-hybridized carbons (Fsp3) is 0.273. The maximum Gasteiger partial charge on any atom is 0.351 e. The first-order chi connectivity index (χ1) is 9.80. The van der Waals surface area contributed by atoms with Gasteiger partial charge in [0.2, 0.25) is 0 Å². The van der Waals surface area contributed by atoms with Gasteiger partial charge in [-0.25, -0.2) is 4.79 Å². The highest BCUT2D eigenvalue weighted by atomic mass is 31.2. The summed E-state index contributed by atoms with van der Waals surface area (Å²) in [4.78, 5) is 42.4. The van der Waals surface area contributed by atoms with Gasteiger partial charge in [-0.15, -0.1) is 6.42 Å². The van der Waals surface area contributed by atoms with Gasteiger partial charge in [-0.1, -0.05) is 5.92 Å². The molecule has 112 valence electrons. The normalized spacial score (nSPS) is 21.4. The Balaban J connectivity index is 2.15. The Hall–Kier alpha value is -1.95. The van der Waals surface area contributed by atoms with Gasteiger partial charge in [0.25, 0.3) is 5.56 Å². The van der Waals surface area contributed by atoms with E-state index in [1.807, 2.05) is 4.98 Å². The second kappa shape index (κ2) is 5.81. The van der Waals surface area contributed by atoms with E-state index in [4.69, 9.17) is 25.7 Å². The third-order valence-electron chi connectivity index (χ3n) is 2.51. The highest BCUT2D eigenvalue weighted by Crippen LogP contribution is 2.35. The van der Waals surface area contributed by atoms with Crippen LogP contribution in [0.15, 0.2) is 27.9 Å². The van der Waals surface area contributed by atoms with Gasteiger partial charge >= 0.3 is 13.3 Å². The van der Waals surface area contributed by atoms with E-state index in [2.05, 4.69) is 5.92 Å². The van der Waals surface area contributed by atoms with Gasteiger partial charge in [-0.2, -0.15) is 0 Å². The average Bonchev–Trinajstić information content (AvgIpc) is 2.84. The molecule has 0 amide bonds. The van der Waals surface area contributed by atoms with Crippen LogP contribution in [0.5, 0.6) is 0 Å². The standard InChI is InChI=1S/C11H11N2O7P/c1-2-7-5-13(11(15)12-10(7)14)8-3-4-9(20-8)19-6-21(16,17)18/h1,3-5,8-9H,6H2,(H,12,14,15)(H2,16,17,18)/t8-,9+/m1/s1. The summed E-state index contributed by atoms with van der Waals surface area (Å²) in [5, 5.41) is 0. The fourth-order valence-electron chi connectivity index (χ4n) is 1.61. The van der Waals surface area contributed by atoms with Crippen molar-refractivity contribution in [1.82, 2.24) is 9.55 Å². The minimum Gasteiger partial charge on any atom is -0.336 e. The molecule has 2 rings (SSSR count). The number of nitrogens with zero attached hydrogens (tertiary/aromatic N) is 1. The minimum absolute atomic E-state index is 0.0498. The van der Waals surface area contributed by atoms with Crippen molar-refractivity contribution < 1.29 is 23.8 Å². The SMILES string of the molecule is C#Cc1cn([C@H]2C=C[C@@H](OCP(=O)(O)O)O2)c(=O)[nH]c1=O. The first-order valence-electron chi connectivity index (χ1n) is 5.62. The van der Waals surface area contributed by atoms with Crippen molar-refractivity contribution in [3.8, 4) is 12.3 Å². The molecule has 9 nitrogen and oxygen atoms in total. The Labute approximate surface area is 118 Å². The Morgan fingerprint density at radius 1 is 1.48 bits per heavy atom. The van der Waals surface area contributed by atoms with Gasteiger partial charge in [0.15, 0.2) is 18.9 Å². The number of hydrogen-bond acceptors (Lipinski definition) is 5. The predicted molar refractivity (Wildman–Crippen MR) is 70.3 cm³/mol. The Kier molecular flexibility index (Phi) is 4.27. The van der Waals surface area contributed by atoms with E-state index < -0.39 is 37.7 Å². The van der Waals surface area contributed by atoms with E-state index in [1.165, 1.54) is 12.2 Å². The van der Waals surface area contributed by atoms with Crippen LogP contribution >= 0.6 is 7.60 Å². The van der Waals surface area contributed by atoms with E-state index in [0.717, 1.165) is 10.8 Å². The molecule has 1 aromatic heterocycles. The van der Waals surface area contributed by atoms with E-state index in [1.54, 1.807) is 0 Å². The molecule has 2 atom stereocenters. The molecule has 0 saturated carbocycles. The van der Waals surface area contributed by atoms with Gasteiger partial charge in [0.05, 0.1) is 0 Å². The maximum atomic E-state index is 11.7. The summed E-state index contributed by atoms with van der Waals surface area (Å²) in [6.07, 6.45) is 6.37. The van der Waals surface area contributed by atoms with Crippen LogP contribution in [0.3, 0.4) is 0 Å². The van der Waals surface area contributed by atoms with Gasteiger partial charge in [0, 0.05) is 6.20 Å². The van der Waals surface area contributed by atoms with E-state index in [-0.39, 0.29) is 5.56 Å². The van der Waals surface area contributed by atoms with Crippen LogP contribution in [0.2, 0.25) is 0 Å². The molecule has 0 fully saturated rings. The van der Waals surface area contributed by atoms with Gasteiger partial charge in [-0.05, 0) is 12.2 Å². The number of rotatable bonds is 4. The summed E-state index contributed by atoms with van der Waals surface area (Å²) in [7, 11) is -4.32. The van der Waals surface area contributed by atoms with Crippen molar-refractivity contribution in [1.29, 1.82) is 0 Å². The lowest BCUT2D eigenvalue weighted by Gasteiger charge is -2.16. The fourth-order valence-corrected chi connectivity index (χ4v) is 1.96. The third-order valence-corrected chi connectivity index (χ3v) is 3.00. The lowest BCUT2D eigenvalue weighted by molar-refractivity contribution is -0.127. The molecule has 0 radical (unpaired) electrons. The van der Waals surface area contributed by atoms with Crippen molar-refractivity contribution in [2.24, 2.45) is 0 Å². The van der Waals surface area contributed by atoms with Gasteiger partial charge in [-0.3, -0.25) is 18.9 Å². The second-order valence-electron chi connectivity index (χ2n) is 4.09. The van der Waals surface area contributed by atoms with Crippen molar-refractivity contribution in [2.45, 2.75) is 12.5 Å². The number of ether oxygens (including phenoxy) is 2. The molecule has 1 aliphatic rings. The van der Waals surface area contributed by atoms with Crippen molar-refractivity contribution in [3.63, 3.8) is 0 Å². The molecular formula is C11H11N2O7P. The van der Waals surface area contributed by atoms with Crippen LogP contribution in [0, 0.1) is 12.3 Å². The zero-order valence-electron chi connectivity index (χ0n) is 10.5. The van der Waals surface area contributed by atoms with E-state index >= 15 is 0 Å². The second-order valence-corrected chi connectivity index (χ2v) is 5.68. The first-order valence-corrected chi connectivity index (χ1v) is 7.42. The molecule has 0 aliphatic carbocycles. The van der Waals surface area contributed by atoms with Crippen LogP contribution in [0.1, 0.15) is 11.8 Å². The van der Waals surface area contributed by atoms with Gasteiger partial charge in [0.1, 0.15) is 5.56 Å². The predicted octanol–water partition coefficient (Wildman–Crippen LogP) is -0.919. The molecule has 3 N–H and O–H groups in total. The minimum atomic E-state index is -4.32. The Morgan fingerprint density at radius 2 is 2.19 bits per heavy atom. The Morgan fingerprint density at radius 3 is 2.81 bits per heavy atom. The van der Waals surface area contributed by atoms with Crippen molar-refractivity contribution >= 4 is 7.60 Å². The molecule has 1 aromatic rings. The maximum absolute atomic E-state index is 11.7. The van der Waals surface area contributed by atoms with Gasteiger partial charge < -0.3 is 19.3 Å². The first kappa shape index (κ1) is 15.4. The number of aromatic nitrogens is 2. The molecule has 2 heterocycles. The number of H-pyrrole nitrogens is 1. The smallest absolute Gasteiger partial charge is 0.336 e. The topological polar surface area (TPSA) is 131 Å². The summed E-state index contributed by atoms with van der Waals surface area (Å²) < 4.78 is 21.8. The number of terminal acetylenes is 1. The number of nitrogens with one attached hydrogen (secondary N) is 1. The van der Waals surface area contributed by atoms with E-state index in [0.29, 0.717) is 0 Å². The highest BCUT2D eigenvalue weighted by Gasteiger charge is 2.25. The lowest BCUT2D eigenvalue weighted by atomic mass is 10.3. The summed E-state index contributed by atoms with van der Waals surface area (Å²) in [6.45, 7) is 0. The molecule has 21 heavy (non-hydrogen) atoms. The molecule has 0 saturated heterocycles. The largest absolute Gasteiger partial charge is 0.351 e. The summed E-state index contributed by atoms with van der Waals surface area (Å²) in [5.74, 6) is 2.13. The number of hydrogen-bond donors (Lipinski definition) is 3. The van der Waals surface area contributed by atoms with E-state index in [9.17, 15) is 14.2 Å². The zero-order chi connectivity index (χ0) is 15.6. The molecule has 1 aliphatic heterocycles. The third kappa shape index (κ3) is 3.78. The monoisotopic (exact) mass is 314 g/mol. The number of aromatic amines is 1. The molecular weight excluding hydrogens is 303 g/mol. The van der Waals surface area contributed by atoms with Crippen LogP contribution in [-0.2, 0) is 14.0 Å². The van der Waals surface area contributed by atoms with Crippen molar-refractivity contribution in [3.05, 3.63) is 44.8 Å². The molecule has 0 unspecified atom stereocenters. The quantitative estimate of drug-likeness (QED) is 0.372. The summed E-state index contributed by atoms with van der Waals surface area (Å²) in [6, 6.07) is 0. The van der Waals surface area contributed by atoms with Crippen LogP contribution in [-0.4, -0.2) is 32.0 Å². The highest BCUT2D eigenvalue weighted by molar-refractivity contribution is 7.51. The summed E-state index contributed by atoms with van der Waals surface area (Å²) in [5.41, 5.74) is -1.47.